The van der Waals surface area contributed by atoms with Crippen LogP contribution in [0.4, 0.5) is 4.79 Å². The van der Waals surface area contributed by atoms with Gasteiger partial charge in [-0.05, 0) is 35.9 Å². The largest absolute Gasteiger partial charge is 0.497 e. The van der Waals surface area contributed by atoms with Crippen molar-refractivity contribution in [2.75, 3.05) is 7.11 Å². The Labute approximate surface area is 145 Å². The van der Waals surface area contributed by atoms with Crippen LogP contribution in [0.1, 0.15) is 11.3 Å². The SMILES string of the molecule is COc1ccc(CNC(=O)NCc2cc(-c3ccco3)n(C)n2)cc1. The fourth-order valence-electron chi connectivity index (χ4n) is 2.43. The molecule has 1 aromatic carbocycles. The number of benzene rings is 1. The summed E-state index contributed by atoms with van der Waals surface area (Å²) in [7, 11) is 3.46. The van der Waals surface area contributed by atoms with Crippen molar-refractivity contribution in [1.29, 1.82) is 0 Å². The number of nitrogens with one attached hydrogen (secondary N) is 2. The standard InChI is InChI=1S/C18H20N4O3/c1-22-16(17-4-3-9-25-17)10-14(21-22)12-20-18(23)19-11-13-5-7-15(24-2)8-6-13/h3-10H,11-12H2,1-2H3,(H2,19,20,23). The Morgan fingerprint density at radius 2 is 1.96 bits per heavy atom. The zero-order chi connectivity index (χ0) is 17.6. The van der Waals surface area contributed by atoms with Gasteiger partial charge in [0.05, 0.1) is 25.6 Å². The maximum Gasteiger partial charge on any atom is 0.315 e. The minimum atomic E-state index is -0.249. The lowest BCUT2D eigenvalue weighted by atomic mass is 10.2. The van der Waals surface area contributed by atoms with Crippen LogP contribution >= 0.6 is 0 Å². The van der Waals surface area contributed by atoms with Crippen molar-refractivity contribution in [3.63, 3.8) is 0 Å². The van der Waals surface area contributed by atoms with Crippen LogP contribution in [0.25, 0.3) is 11.5 Å². The van der Waals surface area contributed by atoms with E-state index in [0.29, 0.717) is 13.1 Å². The van der Waals surface area contributed by atoms with Crippen LogP contribution in [0.3, 0.4) is 0 Å². The summed E-state index contributed by atoms with van der Waals surface area (Å²) in [4.78, 5) is 11.9. The number of furan rings is 1. The van der Waals surface area contributed by atoms with Crippen molar-refractivity contribution in [3.8, 4) is 17.2 Å². The number of hydrogen-bond donors (Lipinski definition) is 2. The van der Waals surface area contributed by atoms with E-state index in [2.05, 4.69) is 15.7 Å². The molecule has 3 aromatic rings. The van der Waals surface area contributed by atoms with Crippen molar-refractivity contribution in [2.45, 2.75) is 13.1 Å². The Bertz CT molecular complexity index is 823. The number of hydrogen-bond acceptors (Lipinski definition) is 4. The predicted octanol–water partition coefficient (Wildman–Crippen LogP) is 2.69. The highest BCUT2D eigenvalue weighted by molar-refractivity contribution is 5.73. The van der Waals surface area contributed by atoms with E-state index in [1.165, 1.54) is 0 Å². The number of rotatable bonds is 6. The van der Waals surface area contributed by atoms with Crippen molar-refractivity contribution in [3.05, 3.63) is 60.0 Å². The van der Waals surface area contributed by atoms with E-state index >= 15 is 0 Å². The number of aromatic nitrogens is 2. The molecule has 0 fully saturated rings. The molecular weight excluding hydrogens is 320 g/mol. The summed E-state index contributed by atoms with van der Waals surface area (Å²) in [6.07, 6.45) is 1.62. The van der Waals surface area contributed by atoms with Crippen LogP contribution in [-0.2, 0) is 20.1 Å². The Hall–Kier alpha value is -3.22. The number of carbonyl (C=O) groups is 1. The van der Waals surface area contributed by atoms with Gasteiger partial charge in [-0.1, -0.05) is 12.1 Å². The van der Waals surface area contributed by atoms with Gasteiger partial charge in [0.2, 0.25) is 0 Å². The Morgan fingerprint density at radius 1 is 1.20 bits per heavy atom. The van der Waals surface area contributed by atoms with E-state index < -0.39 is 0 Å². The van der Waals surface area contributed by atoms with Gasteiger partial charge in [-0.25, -0.2) is 4.79 Å². The van der Waals surface area contributed by atoms with Crippen LogP contribution in [-0.4, -0.2) is 22.9 Å². The lowest BCUT2D eigenvalue weighted by molar-refractivity contribution is 0.240. The minimum Gasteiger partial charge on any atom is -0.497 e. The minimum absolute atomic E-state index is 0.249. The van der Waals surface area contributed by atoms with Gasteiger partial charge < -0.3 is 19.8 Å². The molecule has 0 aliphatic rings. The van der Waals surface area contributed by atoms with Crippen LogP contribution in [0.2, 0.25) is 0 Å². The van der Waals surface area contributed by atoms with E-state index in [1.54, 1.807) is 18.1 Å². The highest BCUT2D eigenvalue weighted by Crippen LogP contribution is 2.20. The molecule has 0 aliphatic heterocycles. The summed E-state index contributed by atoms with van der Waals surface area (Å²) in [6.45, 7) is 0.776. The van der Waals surface area contributed by atoms with Crippen LogP contribution < -0.4 is 15.4 Å². The number of methoxy groups -OCH3 is 1. The highest BCUT2D eigenvalue weighted by atomic mass is 16.5. The van der Waals surface area contributed by atoms with Crippen molar-refractivity contribution in [2.24, 2.45) is 7.05 Å². The zero-order valence-corrected chi connectivity index (χ0v) is 14.2. The molecular formula is C18H20N4O3. The van der Waals surface area contributed by atoms with Crippen molar-refractivity contribution in [1.82, 2.24) is 20.4 Å². The Balaban J connectivity index is 1.49. The molecule has 0 bridgehead atoms. The number of urea groups is 1. The second kappa shape index (κ2) is 7.57. The number of aryl methyl sites for hydroxylation is 1. The van der Waals surface area contributed by atoms with E-state index in [4.69, 9.17) is 9.15 Å². The summed E-state index contributed by atoms with van der Waals surface area (Å²) in [5, 5.41) is 9.98. The summed E-state index contributed by atoms with van der Waals surface area (Å²) >= 11 is 0. The molecule has 2 aromatic heterocycles. The first-order valence-corrected chi connectivity index (χ1v) is 7.87. The fraction of sp³-hybridized carbons (Fsp3) is 0.222. The first-order valence-electron chi connectivity index (χ1n) is 7.87. The molecule has 2 N–H and O–H groups in total. The average Bonchev–Trinajstić information content (AvgIpc) is 3.28. The van der Waals surface area contributed by atoms with Gasteiger partial charge in [0, 0.05) is 13.6 Å². The lowest BCUT2D eigenvalue weighted by Gasteiger charge is -2.07. The van der Waals surface area contributed by atoms with Gasteiger partial charge in [0.25, 0.3) is 0 Å². The molecule has 0 saturated carbocycles. The van der Waals surface area contributed by atoms with E-state index in [-0.39, 0.29) is 6.03 Å². The monoisotopic (exact) mass is 340 g/mol. The predicted molar refractivity (Wildman–Crippen MR) is 93.0 cm³/mol. The Kier molecular flexibility index (Phi) is 5.03. The fourth-order valence-corrected chi connectivity index (χ4v) is 2.43. The van der Waals surface area contributed by atoms with Gasteiger partial charge in [-0.3, -0.25) is 4.68 Å². The number of nitrogens with zero attached hydrogens (tertiary/aromatic N) is 2. The van der Waals surface area contributed by atoms with E-state index in [1.807, 2.05) is 49.5 Å². The van der Waals surface area contributed by atoms with Gasteiger partial charge in [-0.2, -0.15) is 5.10 Å². The van der Waals surface area contributed by atoms with Crippen molar-refractivity contribution >= 4 is 6.03 Å². The van der Waals surface area contributed by atoms with Gasteiger partial charge in [0.1, 0.15) is 11.4 Å². The summed E-state index contributed by atoms with van der Waals surface area (Å²) in [5.74, 6) is 1.53. The lowest BCUT2D eigenvalue weighted by Crippen LogP contribution is -2.34. The second-order valence-corrected chi connectivity index (χ2v) is 5.51. The maximum atomic E-state index is 11.9. The molecule has 7 nitrogen and oxygen atoms in total. The van der Waals surface area contributed by atoms with Crippen LogP contribution in [0, 0.1) is 0 Å². The first-order chi connectivity index (χ1) is 12.2. The van der Waals surface area contributed by atoms with Crippen LogP contribution in [0.15, 0.2) is 53.1 Å². The molecule has 2 amide bonds. The van der Waals surface area contributed by atoms with Gasteiger partial charge >= 0.3 is 6.03 Å². The van der Waals surface area contributed by atoms with Crippen LogP contribution in [0.5, 0.6) is 5.75 Å². The normalized spacial score (nSPS) is 10.5. The molecule has 0 unspecified atom stereocenters. The maximum absolute atomic E-state index is 11.9. The van der Waals surface area contributed by atoms with Gasteiger partial charge in [0.15, 0.2) is 5.76 Å². The third-order valence-corrected chi connectivity index (χ3v) is 3.75. The van der Waals surface area contributed by atoms with Crippen molar-refractivity contribution < 1.29 is 13.9 Å². The third-order valence-electron chi connectivity index (χ3n) is 3.75. The zero-order valence-electron chi connectivity index (χ0n) is 14.2. The molecule has 0 atom stereocenters. The molecule has 0 spiro atoms. The average molecular weight is 340 g/mol. The highest BCUT2D eigenvalue weighted by Gasteiger charge is 2.10. The molecule has 0 aliphatic carbocycles. The molecule has 3 rings (SSSR count). The van der Waals surface area contributed by atoms with E-state index in [0.717, 1.165) is 28.5 Å². The van der Waals surface area contributed by atoms with E-state index in [9.17, 15) is 4.79 Å². The number of ether oxygens (including phenoxy) is 1. The molecule has 7 heteroatoms. The molecule has 0 saturated heterocycles. The van der Waals surface area contributed by atoms with Gasteiger partial charge in [-0.15, -0.1) is 0 Å². The summed E-state index contributed by atoms with van der Waals surface area (Å²) < 4.78 is 12.2. The quantitative estimate of drug-likeness (QED) is 0.723. The second-order valence-electron chi connectivity index (χ2n) is 5.51. The molecule has 130 valence electrons. The Morgan fingerprint density at radius 3 is 2.64 bits per heavy atom. The summed E-state index contributed by atoms with van der Waals surface area (Å²) in [5.41, 5.74) is 2.61. The molecule has 2 heterocycles. The molecule has 25 heavy (non-hydrogen) atoms. The number of carbonyl (C=O) groups excluding carboxylic acids is 1. The summed E-state index contributed by atoms with van der Waals surface area (Å²) in [6, 6.07) is 12.9. The molecule has 0 radical (unpaired) electrons. The number of amides is 2. The first kappa shape index (κ1) is 16.6. The third kappa shape index (κ3) is 4.20. The topological polar surface area (TPSA) is 81.3 Å². The smallest absolute Gasteiger partial charge is 0.315 e.